The summed E-state index contributed by atoms with van der Waals surface area (Å²) in [6, 6.07) is 28.0. The Kier molecular flexibility index (Phi) is 9.36. The molecule has 0 saturated heterocycles. The van der Waals surface area contributed by atoms with Gasteiger partial charge in [-0.15, -0.1) is 0 Å². The molecule has 2 N–H and O–H groups in total. The van der Waals surface area contributed by atoms with E-state index in [0.29, 0.717) is 17.7 Å². The Balaban J connectivity index is 1.45. The number of ether oxygens (including phenoxy) is 1. The Labute approximate surface area is 236 Å². The molecule has 0 aliphatic rings. The fourth-order valence-electron chi connectivity index (χ4n) is 4.15. The molecule has 0 bridgehead atoms. The number of hydrogen-bond acceptors (Lipinski definition) is 4. The monoisotopic (exact) mass is 560 g/mol. The van der Waals surface area contributed by atoms with E-state index < -0.39 is 17.9 Å². The Morgan fingerprint density at radius 1 is 0.744 bits per heavy atom. The third kappa shape index (κ3) is 7.25. The Hall–Kier alpha value is -4.13. The summed E-state index contributed by atoms with van der Waals surface area (Å²) in [6.07, 6.45) is 0.781. The zero-order valence-corrected chi connectivity index (χ0v) is 22.6. The lowest BCUT2D eigenvalue weighted by molar-refractivity contribution is -0.142. The minimum Gasteiger partial charge on any atom is -0.467 e. The molecule has 8 heteroatoms. The highest BCUT2D eigenvalue weighted by atomic mass is 35.5. The van der Waals surface area contributed by atoms with Crippen LogP contribution < -0.4 is 10.6 Å². The topological polar surface area (TPSA) is 84.5 Å². The smallest absolute Gasteiger partial charge is 0.328 e. The van der Waals surface area contributed by atoms with Crippen molar-refractivity contribution in [1.29, 1.82) is 0 Å². The maximum Gasteiger partial charge on any atom is 0.328 e. The average molecular weight is 561 g/mol. The summed E-state index contributed by atoms with van der Waals surface area (Å²) in [4.78, 5) is 38.5. The lowest BCUT2D eigenvalue weighted by atomic mass is 9.98. The predicted octanol–water partition coefficient (Wildman–Crippen LogP) is 6.35. The quantitative estimate of drug-likeness (QED) is 0.233. The second-order valence-corrected chi connectivity index (χ2v) is 9.63. The SMILES string of the molecule is COC(=O)C(Cc1ccc(NC(=O)c2c(Cl)cccc2Cl)cc1)NC(=O)c1ccccc1Cc1ccccc1. The summed E-state index contributed by atoms with van der Waals surface area (Å²) in [6.45, 7) is 0. The van der Waals surface area contributed by atoms with Crippen LogP contribution in [0.1, 0.15) is 37.4 Å². The van der Waals surface area contributed by atoms with E-state index in [1.807, 2.05) is 42.5 Å². The molecule has 1 unspecified atom stereocenters. The predicted molar refractivity (Wildman–Crippen MR) is 154 cm³/mol. The van der Waals surface area contributed by atoms with E-state index in [0.717, 1.165) is 16.7 Å². The van der Waals surface area contributed by atoms with Crippen molar-refractivity contribution in [2.75, 3.05) is 12.4 Å². The first-order valence-electron chi connectivity index (χ1n) is 12.2. The molecule has 0 aliphatic carbocycles. The Morgan fingerprint density at radius 3 is 2.05 bits per heavy atom. The molecule has 39 heavy (non-hydrogen) atoms. The molecular formula is C31H26Cl2N2O4. The van der Waals surface area contributed by atoms with Gasteiger partial charge in [0.2, 0.25) is 0 Å². The Bertz CT molecular complexity index is 1450. The van der Waals surface area contributed by atoms with E-state index in [-0.39, 0.29) is 27.9 Å². The standard InChI is InChI=1S/C31H26Cl2N2O4/c1-39-31(38)27(35-29(36)24-11-6-5-10-22(24)18-20-8-3-2-4-9-20)19-21-14-16-23(17-15-21)34-30(37)28-25(32)12-7-13-26(28)33/h2-17,27H,18-19H2,1H3,(H,34,37)(H,35,36). The molecule has 1 atom stereocenters. The van der Waals surface area contributed by atoms with Crippen LogP contribution in [-0.4, -0.2) is 30.9 Å². The minimum atomic E-state index is -0.908. The van der Waals surface area contributed by atoms with Gasteiger partial charge in [-0.25, -0.2) is 4.79 Å². The average Bonchev–Trinajstić information content (AvgIpc) is 2.94. The molecule has 0 spiro atoms. The van der Waals surface area contributed by atoms with Gasteiger partial charge in [0.05, 0.1) is 22.7 Å². The third-order valence-electron chi connectivity index (χ3n) is 6.13. The van der Waals surface area contributed by atoms with E-state index >= 15 is 0 Å². The van der Waals surface area contributed by atoms with Crippen molar-refractivity contribution in [3.05, 3.63) is 135 Å². The number of methoxy groups -OCH3 is 1. The van der Waals surface area contributed by atoms with Crippen molar-refractivity contribution in [3.8, 4) is 0 Å². The van der Waals surface area contributed by atoms with E-state index in [9.17, 15) is 14.4 Å². The van der Waals surface area contributed by atoms with Crippen molar-refractivity contribution >= 4 is 46.7 Å². The largest absolute Gasteiger partial charge is 0.467 e. The molecule has 0 radical (unpaired) electrons. The molecule has 0 saturated carbocycles. The van der Waals surface area contributed by atoms with Crippen LogP contribution in [0.2, 0.25) is 10.0 Å². The van der Waals surface area contributed by atoms with Crippen LogP contribution in [0, 0.1) is 0 Å². The molecular weight excluding hydrogens is 535 g/mol. The maximum absolute atomic E-state index is 13.3. The van der Waals surface area contributed by atoms with Gasteiger partial charge < -0.3 is 15.4 Å². The first-order valence-corrected chi connectivity index (χ1v) is 13.0. The number of rotatable bonds is 9. The fourth-order valence-corrected chi connectivity index (χ4v) is 4.72. The van der Waals surface area contributed by atoms with Crippen molar-refractivity contribution in [3.63, 3.8) is 0 Å². The van der Waals surface area contributed by atoms with Crippen molar-refractivity contribution in [1.82, 2.24) is 5.32 Å². The first-order chi connectivity index (χ1) is 18.9. The maximum atomic E-state index is 13.3. The number of carbonyl (C=O) groups excluding carboxylic acids is 3. The lowest BCUT2D eigenvalue weighted by Gasteiger charge is -2.18. The molecule has 6 nitrogen and oxygen atoms in total. The fraction of sp³-hybridized carbons (Fsp3) is 0.129. The molecule has 198 valence electrons. The van der Waals surface area contributed by atoms with Crippen molar-refractivity contribution in [2.24, 2.45) is 0 Å². The third-order valence-corrected chi connectivity index (χ3v) is 6.76. The van der Waals surface area contributed by atoms with E-state index in [4.69, 9.17) is 27.9 Å². The summed E-state index contributed by atoms with van der Waals surface area (Å²) >= 11 is 12.3. The highest BCUT2D eigenvalue weighted by molar-refractivity contribution is 6.40. The van der Waals surface area contributed by atoms with Gasteiger partial charge >= 0.3 is 5.97 Å². The summed E-state index contributed by atoms with van der Waals surface area (Å²) in [5.74, 6) is -1.36. The summed E-state index contributed by atoms with van der Waals surface area (Å²) in [5.41, 5.74) is 3.89. The second-order valence-electron chi connectivity index (χ2n) is 8.82. The van der Waals surface area contributed by atoms with Crippen LogP contribution in [-0.2, 0) is 22.4 Å². The Morgan fingerprint density at radius 2 is 1.38 bits per heavy atom. The molecule has 0 fully saturated rings. The zero-order chi connectivity index (χ0) is 27.8. The van der Waals surface area contributed by atoms with Gasteiger partial charge in [0, 0.05) is 17.7 Å². The van der Waals surface area contributed by atoms with E-state index in [1.54, 1.807) is 54.6 Å². The molecule has 2 amide bonds. The first kappa shape index (κ1) is 27.9. The van der Waals surface area contributed by atoms with Gasteiger partial charge in [-0.1, -0.05) is 89.9 Å². The molecule has 0 aromatic heterocycles. The molecule has 4 aromatic carbocycles. The molecule has 0 heterocycles. The van der Waals surface area contributed by atoms with E-state index in [2.05, 4.69) is 10.6 Å². The van der Waals surface area contributed by atoms with Crippen molar-refractivity contribution in [2.45, 2.75) is 18.9 Å². The van der Waals surface area contributed by atoms with Crippen LogP contribution >= 0.6 is 23.2 Å². The summed E-state index contributed by atoms with van der Waals surface area (Å²) in [5, 5.41) is 6.09. The normalized spacial score (nSPS) is 11.4. The van der Waals surface area contributed by atoms with Gasteiger partial charge in [-0.2, -0.15) is 0 Å². The second kappa shape index (κ2) is 13.1. The number of benzene rings is 4. The van der Waals surface area contributed by atoms with Gasteiger partial charge in [0.25, 0.3) is 11.8 Å². The van der Waals surface area contributed by atoms with Crippen LogP contribution in [0.3, 0.4) is 0 Å². The molecule has 0 aliphatic heterocycles. The zero-order valence-electron chi connectivity index (χ0n) is 21.1. The number of carbonyl (C=O) groups is 3. The van der Waals surface area contributed by atoms with Gasteiger partial charge in [0.15, 0.2) is 0 Å². The van der Waals surface area contributed by atoms with Crippen molar-refractivity contribution < 1.29 is 19.1 Å². The molecule has 4 aromatic rings. The number of halogens is 2. The van der Waals surface area contributed by atoms with Crippen LogP contribution in [0.4, 0.5) is 5.69 Å². The summed E-state index contributed by atoms with van der Waals surface area (Å²) < 4.78 is 4.96. The van der Waals surface area contributed by atoms with Crippen LogP contribution in [0.25, 0.3) is 0 Å². The number of nitrogens with one attached hydrogen (secondary N) is 2. The number of esters is 1. The number of hydrogen-bond donors (Lipinski definition) is 2. The highest BCUT2D eigenvalue weighted by Crippen LogP contribution is 2.25. The number of amides is 2. The van der Waals surface area contributed by atoms with Crippen LogP contribution in [0.5, 0.6) is 0 Å². The highest BCUT2D eigenvalue weighted by Gasteiger charge is 2.24. The number of anilines is 1. The summed E-state index contributed by atoms with van der Waals surface area (Å²) in [7, 11) is 1.28. The minimum absolute atomic E-state index is 0.186. The van der Waals surface area contributed by atoms with E-state index in [1.165, 1.54) is 7.11 Å². The van der Waals surface area contributed by atoms with Crippen LogP contribution in [0.15, 0.2) is 97.1 Å². The lowest BCUT2D eigenvalue weighted by Crippen LogP contribution is -2.43. The van der Waals surface area contributed by atoms with Gasteiger partial charge in [-0.05, 0) is 53.4 Å². The molecule has 4 rings (SSSR count). The van der Waals surface area contributed by atoms with Gasteiger partial charge in [-0.3, -0.25) is 9.59 Å². The van der Waals surface area contributed by atoms with Gasteiger partial charge in [0.1, 0.15) is 6.04 Å².